The van der Waals surface area contributed by atoms with Crippen LogP contribution in [0.3, 0.4) is 0 Å². The molecule has 0 heterocycles. The molecule has 42 heavy (non-hydrogen) atoms. The molecule has 0 aliphatic carbocycles. The van der Waals surface area contributed by atoms with Crippen molar-refractivity contribution in [2.24, 2.45) is 0 Å². The summed E-state index contributed by atoms with van der Waals surface area (Å²) < 4.78 is 20.4. The standard InChI is InChI=1S/C24H39N4O13P/c1-3-5-17(29)13-26-20(32)8-6-19(31)15-28(16-24(36)37)23(35)9-7-18(30)14-27-22(34)12-21(33)25-10-11-41-42(38,39)40-4-2/h3-16H2,1-2H3,(H,25,33)(H,26,32)(H,27,34)(H,36,37)(H,38,39). The minimum atomic E-state index is -4.22. The van der Waals surface area contributed by atoms with Crippen molar-refractivity contribution in [2.45, 2.75) is 58.8 Å². The maximum absolute atomic E-state index is 12.5. The van der Waals surface area contributed by atoms with Gasteiger partial charge in [0.15, 0.2) is 17.3 Å². The Morgan fingerprint density at radius 2 is 1.29 bits per heavy atom. The largest absolute Gasteiger partial charge is 0.480 e. The van der Waals surface area contributed by atoms with Crippen molar-refractivity contribution in [1.29, 1.82) is 0 Å². The summed E-state index contributed by atoms with van der Waals surface area (Å²) in [6.45, 7) is 0.621. The van der Waals surface area contributed by atoms with Crippen molar-refractivity contribution in [2.75, 3.05) is 45.9 Å². The van der Waals surface area contributed by atoms with Gasteiger partial charge in [0.05, 0.1) is 32.8 Å². The average Bonchev–Trinajstić information content (AvgIpc) is 2.90. The first-order valence-electron chi connectivity index (χ1n) is 13.2. The highest BCUT2D eigenvalue weighted by Gasteiger charge is 2.22. The van der Waals surface area contributed by atoms with Crippen molar-refractivity contribution in [3.05, 3.63) is 0 Å². The minimum Gasteiger partial charge on any atom is -0.480 e. The third-order valence-corrected chi connectivity index (χ3v) is 6.17. The number of nitrogens with zero attached hydrogens (tertiary/aromatic N) is 1. The second kappa shape index (κ2) is 21.2. The fourth-order valence-electron chi connectivity index (χ4n) is 3.11. The van der Waals surface area contributed by atoms with Crippen LogP contribution in [-0.4, -0.2) is 108 Å². The summed E-state index contributed by atoms with van der Waals surface area (Å²) in [7, 11) is -4.22. The van der Waals surface area contributed by atoms with Crippen molar-refractivity contribution >= 4 is 54.8 Å². The van der Waals surface area contributed by atoms with E-state index in [1.165, 1.54) is 6.92 Å². The number of nitrogens with one attached hydrogen (secondary N) is 3. The fraction of sp³-hybridized carbons (Fsp3) is 0.667. The highest BCUT2D eigenvalue weighted by Crippen LogP contribution is 2.42. The van der Waals surface area contributed by atoms with E-state index in [4.69, 9.17) is 5.11 Å². The molecule has 0 aliphatic rings. The number of aliphatic carboxylic acids is 1. The van der Waals surface area contributed by atoms with Gasteiger partial charge in [-0.05, 0) is 13.3 Å². The van der Waals surface area contributed by atoms with Crippen molar-refractivity contribution in [3.8, 4) is 0 Å². The number of carboxylic acids is 1. The number of hydrogen-bond donors (Lipinski definition) is 5. The Hall–Kier alpha value is -3.53. The fourth-order valence-corrected chi connectivity index (χ4v) is 3.83. The molecular formula is C24H39N4O13P. The second-order valence-corrected chi connectivity index (χ2v) is 10.3. The Balaban J connectivity index is 4.46. The molecule has 0 saturated heterocycles. The molecule has 0 saturated carbocycles. The third kappa shape index (κ3) is 20.4. The summed E-state index contributed by atoms with van der Waals surface area (Å²) in [6, 6.07) is 0. The van der Waals surface area contributed by atoms with Gasteiger partial charge >= 0.3 is 13.8 Å². The van der Waals surface area contributed by atoms with Crippen molar-refractivity contribution in [3.63, 3.8) is 0 Å². The van der Waals surface area contributed by atoms with E-state index in [1.54, 1.807) is 0 Å². The van der Waals surface area contributed by atoms with Crippen LogP contribution in [-0.2, 0) is 52.0 Å². The Morgan fingerprint density at radius 1 is 0.714 bits per heavy atom. The molecule has 4 amide bonds. The first-order chi connectivity index (χ1) is 19.7. The van der Waals surface area contributed by atoms with Crippen molar-refractivity contribution in [1.82, 2.24) is 20.9 Å². The van der Waals surface area contributed by atoms with Crippen LogP contribution in [0.5, 0.6) is 0 Å². The van der Waals surface area contributed by atoms with Gasteiger partial charge in [-0.2, -0.15) is 0 Å². The molecular weight excluding hydrogens is 583 g/mol. The van der Waals surface area contributed by atoms with Crippen LogP contribution in [0.4, 0.5) is 0 Å². The lowest BCUT2D eigenvalue weighted by atomic mass is 10.1. The summed E-state index contributed by atoms with van der Waals surface area (Å²) in [5.41, 5.74) is 0. The smallest absolute Gasteiger partial charge is 0.472 e. The van der Waals surface area contributed by atoms with Gasteiger partial charge in [-0.1, -0.05) is 6.92 Å². The van der Waals surface area contributed by atoms with Gasteiger partial charge in [-0.15, -0.1) is 0 Å². The number of Topliss-reactive ketones (excluding diaryl/α,β-unsaturated/α-hetero) is 3. The van der Waals surface area contributed by atoms with Crippen LogP contribution in [0.15, 0.2) is 0 Å². The molecule has 0 bridgehead atoms. The average molecular weight is 623 g/mol. The van der Waals surface area contributed by atoms with Crippen LogP contribution >= 0.6 is 7.82 Å². The third-order valence-electron chi connectivity index (χ3n) is 5.08. The minimum absolute atomic E-state index is 0.0559. The number of carboxylic acid groups (broad SMARTS) is 1. The van der Waals surface area contributed by atoms with E-state index in [-0.39, 0.29) is 51.3 Å². The SMILES string of the molecule is CCCC(=O)CNC(=O)CCC(=O)CN(CC(=O)O)C(=O)CCC(=O)CNC(=O)CC(=O)NCCOP(=O)(O)OCC. The molecule has 1 unspecified atom stereocenters. The van der Waals surface area contributed by atoms with Gasteiger partial charge in [0.25, 0.3) is 0 Å². The van der Waals surface area contributed by atoms with Gasteiger partial charge in [0, 0.05) is 38.6 Å². The summed E-state index contributed by atoms with van der Waals surface area (Å²) >= 11 is 0. The van der Waals surface area contributed by atoms with Crippen LogP contribution in [0, 0.1) is 0 Å². The predicted molar refractivity (Wildman–Crippen MR) is 144 cm³/mol. The lowest BCUT2D eigenvalue weighted by Gasteiger charge is -2.20. The summed E-state index contributed by atoms with van der Waals surface area (Å²) in [5, 5.41) is 15.9. The molecule has 0 rings (SSSR count). The van der Waals surface area contributed by atoms with Gasteiger partial charge < -0.3 is 30.9 Å². The first kappa shape index (κ1) is 38.5. The van der Waals surface area contributed by atoms with Crippen LogP contribution in [0.25, 0.3) is 0 Å². The van der Waals surface area contributed by atoms with Crippen LogP contribution < -0.4 is 16.0 Å². The maximum Gasteiger partial charge on any atom is 0.472 e. The Morgan fingerprint density at radius 3 is 1.88 bits per heavy atom. The second-order valence-electron chi connectivity index (χ2n) is 8.81. The van der Waals surface area contributed by atoms with Crippen molar-refractivity contribution < 1.29 is 62.0 Å². The molecule has 18 heteroatoms. The topological polar surface area (TPSA) is 252 Å². The summed E-state index contributed by atoms with van der Waals surface area (Å²) in [5.74, 6) is -5.66. The van der Waals surface area contributed by atoms with E-state index in [9.17, 15) is 47.8 Å². The molecule has 0 aromatic rings. The predicted octanol–water partition coefficient (Wildman–Crippen LogP) is -1.14. The molecule has 5 N–H and O–H groups in total. The van der Waals surface area contributed by atoms with Gasteiger partial charge in [-0.25, -0.2) is 4.57 Å². The zero-order valence-electron chi connectivity index (χ0n) is 23.7. The van der Waals surface area contributed by atoms with Gasteiger partial charge in [0.1, 0.15) is 13.0 Å². The molecule has 0 aromatic carbocycles. The molecule has 0 spiro atoms. The summed E-state index contributed by atoms with van der Waals surface area (Å²) in [6.07, 6.45) is -1.10. The monoisotopic (exact) mass is 622 g/mol. The normalized spacial score (nSPS) is 12.0. The number of phosphoric acid groups is 1. The number of rotatable bonds is 24. The molecule has 1 atom stereocenters. The highest BCUT2D eigenvalue weighted by molar-refractivity contribution is 7.47. The summed E-state index contributed by atoms with van der Waals surface area (Å²) in [4.78, 5) is 105. The molecule has 238 valence electrons. The number of ketones is 3. The zero-order valence-corrected chi connectivity index (χ0v) is 24.6. The molecule has 17 nitrogen and oxygen atoms in total. The van der Waals surface area contributed by atoms with Gasteiger partial charge in [-0.3, -0.25) is 47.4 Å². The molecule has 0 aromatic heterocycles. The zero-order chi connectivity index (χ0) is 32.1. The van der Waals surface area contributed by atoms with E-state index in [1.807, 2.05) is 6.92 Å². The lowest BCUT2D eigenvalue weighted by molar-refractivity contribution is -0.146. The lowest BCUT2D eigenvalue weighted by Crippen LogP contribution is -2.40. The van der Waals surface area contributed by atoms with E-state index in [0.29, 0.717) is 12.8 Å². The van der Waals surface area contributed by atoms with E-state index in [2.05, 4.69) is 25.0 Å². The van der Waals surface area contributed by atoms with Crippen LogP contribution in [0.1, 0.15) is 58.8 Å². The molecule has 0 radical (unpaired) electrons. The Bertz CT molecular complexity index is 1030. The highest BCUT2D eigenvalue weighted by atomic mass is 31.2. The number of amides is 4. The van der Waals surface area contributed by atoms with E-state index >= 15 is 0 Å². The van der Waals surface area contributed by atoms with Crippen LogP contribution in [0.2, 0.25) is 0 Å². The first-order valence-corrected chi connectivity index (χ1v) is 14.6. The number of carbonyl (C=O) groups is 8. The Kier molecular flexibility index (Phi) is 19.4. The van der Waals surface area contributed by atoms with E-state index < -0.39 is 81.5 Å². The van der Waals surface area contributed by atoms with Gasteiger partial charge in [0.2, 0.25) is 23.6 Å². The Labute approximate surface area is 242 Å². The molecule has 0 fully saturated rings. The number of hydrogen-bond acceptors (Lipinski definition) is 11. The van der Waals surface area contributed by atoms with E-state index in [0.717, 1.165) is 4.90 Å². The number of carbonyl (C=O) groups excluding carboxylic acids is 7. The number of phosphoric ester groups is 1. The molecule has 0 aliphatic heterocycles. The quantitative estimate of drug-likeness (QED) is 0.0485. The maximum atomic E-state index is 12.5.